The molecule has 0 atom stereocenters. The van der Waals surface area contributed by atoms with Crippen LogP contribution in [0, 0.1) is 6.92 Å². The summed E-state index contributed by atoms with van der Waals surface area (Å²) in [6.45, 7) is 4.78. The Kier molecular flexibility index (Phi) is 19.2. The Labute approximate surface area is 209 Å². The number of benzene rings is 1. The normalized spacial score (nSPS) is 10.9. The lowest BCUT2D eigenvalue weighted by Gasteiger charge is -2.07. The van der Waals surface area contributed by atoms with Crippen molar-refractivity contribution in [1.29, 1.82) is 0 Å². The van der Waals surface area contributed by atoms with Gasteiger partial charge in [-0.05, 0) is 37.8 Å². The summed E-state index contributed by atoms with van der Waals surface area (Å²) in [5, 5.41) is 0. The van der Waals surface area contributed by atoms with E-state index in [0.717, 1.165) is 50.5 Å². The summed E-state index contributed by atoms with van der Waals surface area (Å²) in [6, 6.07) is 7.59. The Balaban J connectivity index is 1.81. The van der Waals surface area contributed by atoms with Crippen molar-refractivity contribution in [2.24, 2.45) is 0 Å². The minimum Gasteiger partial charge on any atom is -0.466 e. The number of ether oxygens (including phenoxy) is 2. The van der Waals surface area contributed by atoms with Gasteiger partial charge in [0.05, 0.1) is 6.61 Å². The highest BCUT2D eigenvalue weighted by Crippen LogP contribution is 2.18. The Morgan fingerprint density at radius 2 is 1.09 bits per heavy atom. The highest BCUT2D eigenvalue weighted by Gasteiger charge is 2.07. The smallest absolute Gasteiger partial charge is 0.311 e. The molecule has 4 nitrogen and oxygen atoms in total. The van der Waals surface area contributed by atoms with Gasteiger partial charge in [0.15, 0.2) is 0 Å². The zero-order chi connectivity index (χ0) is 24.7. The Morgan fingerprint density at radius 1 is 0.618 bits per heavy atom. The maximum absolute atomic E-state index is 11.9. The lowest BCUT2D eigenvalue weighted by Crippen LogP contribution is -2.08. The molecule has 0 aromatic heterocycles. The van der Waals surface area contributed by atoms with Crippen LogP contribution in [0.1, 0.15) is 134 Å². The Morgan fingerprint density at radius 3 is 1.65 bits per heavy atom. The number of esters is 2. The summed E-state index contributed by atoms with van der Waals surface area (Å²) >= 11 is 0. The Bertz CT molecular complexity index is 640. The molecule has 4 heteroatoms. The van der Waals surface area contributed by atoms with Crippen LogP contribution in [0.2, 0.25) is 0 Å². The molecule has 34 heavy (non-hydrogen) atoms. The maximum Gasteiger partial charge on any atom is 0.311 e. The van der Waals surface area contributed by atoms with E-state index in [1.165, 1.54) is 64.2 Å². The molecule has 0 heterocycles. The monoisotopic (exact) mass is 474 g/mol. The fraction of sp³-hybridized carbons (Fsp3) is 0.733. The molecule has 1 aromatic carbocycles. The van der Waals surface area contributed by atoms with Crippen LogP contribution < -0.4 is 4.74 Å². The lowest BCUT2D eigenvalue weighted by molar-refractivity contribution is -0.144. The highest BCUT2D eigenvalue weighted by atomic mass is 16.5. The zero-order valence-corrected chi connectivity index (χ0v) is 22.1. The topological polar surface area (TPSA) is 52.6 Å². The molecular formula is C30H50O4. The van der Waals surface area contributed by atoms with Crippen LogP contribution in [0.25, 0.3) is 0 Å². The van der Waals surface area contributed by atoms with E-state index in [9.17, 15) is 9.59 Å². The predicted molar refractivity (Wildman–Crippen MR) is 141 cm³/mol. The summed E-state index contributed by atoms with van der Waals surface area (Å²) in [5.41, 5.74) is 0.980. The molecule has 0 spiro atoms. The van der Waals surface area contributed by atoms with Crippen molar-refractivity contribution in [2.75, 3.05) is 6.61 Å². The van der Waals surface area contributed by atoms with E-state index >= 15 is 0 Å². The zero-order valence-electron chi connectivity index (χ0n) is 22.1. The molecule has 0 unspecified atom stereocenters. The third-order valence-electron chi connectivity index (χ3n) is 6.34. The van der Waals surface area contributed by atoms with E-state index < -0.39 is 0 Å². The third-order valence-corrected chi connectivity index (χ3v) is 6.34. The molecule has 0 aliphatic carbocycles. The van der Waals surface area contributed by atoms with Gasteiger partial charge in [-0.25, -0.2) is 0 Å². The second-order valence-corrected chi connectivity index (χ2v) is 9.62. The van der Waals surface area contributed by atoms with Gasteiger partial charge in [0.2, 0.25) is 0 Å². The minimum absolute atomic E-state index is 0.0500. The van der Waals surface area contributed by atoms with Crippen molar-refractivity contribution in [1.82, 2.24) is 0 Å². The number of unbranched alkanes of at least 4 members (excludes halogenated alkanes) is 15. The molecule has 0 bridgehead atoms. The lowest BCUT2D eigenvalue weighted by atomic mass is 10.1. The highest BCUT2D eigenvalue weighted by molar-refractivity contribution is 5.72. The van der Waals surface area contributed by atoms with Crippen LogP contribution in [0.15, 0.2) is 24.3 Å². The van der Waals surface area contributed by atoms with Crippen molar-refractivity contribution in [2.45, 2.75) is 136 Å². The molecule has 0 amide bonds. The summed E-state index contributed by atoms with van der Waals surface area (Å²) < 4.78 is 10.8. The first-order valence-corrected chi connectivity index (χ1v) is 14.1. The van der Waals surface area contributed by atoms with Crippen molar-refractivity contribution in [3.8, 4) is 5.75 Å². The van der Waals surface area contributed by atoms with Gasteiger partial charge >= 0.3 is 11.9 Å². The van der Waals surface area contributed by atoms with Crippen LogP contribution in [-0.4, -0.2) is 18.5 Å². The van der Waals surface area contributed by atoms with Gasteiger partial charge in [-0.3, -0.25) is 9.59 Å². The average Bonchev–Trinajstić information content (AvgIpc) is 2.83. The Hall–Kier alpha value is -1.84. The maximum atomic E-state index is 11.9. The van der Waals surface area contributed by atoms with Crippen molar-refractivity contribution >= 4 is 11.9 Å². The molecule has 0 saturated heterocycles. The second kappa shape index (κ2) is 21.7. The largest absolute Gasteiger partial charge is 0.466 e. The SMILES string of the molecule is CCCCCCCCCCCCCOC(=O)CCCCCCCCC(=O)Oc1ccccc1C. The third kappa shape index (κ3) is 17.6. The number of para-hydroxylation sites is 1. The number of hydrogen-bond donors (Lipinski definition) is 0. The van der Waals surface area contributed by atoms with Crippen LogP contribution in [0.5, 0.6) is 5.75 Å². The first-order chi connectivity index (χ1) is 16.6. The second-order valence-electron chi connectivity index (χ2n) is 9.62. The molecule has 0 aliphatic rings. The summed E-state index contributed by atoms with van der Waals surface area (Å²) in [7, 11) is 0. The van der Waals surface area contributed by atoms with Gasteiger partial charge in [-0.1, -0.05) is 115 Å². The number of carbonyl (C=O) groups excluding carboxylic acids is 2. The summed E-state index contributed by atoms with van der Waals surface area (Å²) in [4.78, 5) is 23.8. The van der Waals surface area contributed by atoms with Gasteiger partial charge in [0.25, 0.3) is 0 Å². The minimum atomic E-state index is -0.158. The van der Waals surface area contributed by atoms with E-state index in [-0.39, 0.29) is 11.9 Å². The fourth-order valence-electron chi connectivity index (χ4n) is 4.11. The van der Waals surface area contributed by atoms with Crippen LogP contribution in [0.4, 0.5) is 0 Å². The molecule has 1 rings (SSSR count). The van der Waals surface area contributed by atoms with Crippen molar-refractivity contribution < 1.29 is 19.1 Å². The number of rotatable bonds is 22. The molecule has 0 saturated carbocycles. The van der Waals surface area contributed by atoms with E-state index in [4.69, 9.17) is 9.47 Å². The van der Waals surface area contributed by atoms with Crippen molar-refractivity contribution in [3.63, 3.8) is 0 Å². The van der Waals surface area contributed by atoms with Gasteiger partial charge < -0.3 is 9.47 Å². The standard InChI is InChI=1S/C30H50O4/c1-3-4-5-6-7-8-9-10-13-16-21-26-33-29(31)24-17-14-11-12-15-18-25-30(32)34-28-23-20-19-22-27(28)2/h19-20,22-23H,3-18,21,24-26H2,1-2H3. The first-order valence-electron chi connectivity index (χ1n) is 14.1. The van der Waals surface area contributed by atoms with E-state index in [1.807, 2.05) is 31.2 Å². The molecule has 0 fully saturated rings. The summed E-state index contributed by atoms with van der Waals surface area (Å²) in [5.74, 6) is 0.448. The predicted octanol–water partition coefficient (Wildman–Crippen LogP) is 8.88. The van der Waals surface area contributed by atoms with Gasteiger partial charge in [0.1, 0.15) is 5.75 Å². The fourth-order valence-corrected chi connectivity index (χ4v) is 4.11. The molecule has 0 radical (unpaired) electrons. The first kappa shape index (κ1) is 30.2. The average molecular weight is 475 g/mol. The van der Waals surface area contributed by atoms with Crippen LogP contribution in [0.3, 0.4) is 0 Å². The van der Waals surface area contributed by atoms with Gasteiger partial charge in [-0.2, -0.15) is 0 Å². The summed E-state index contributed by atoms with van der Waals surface area (Å²) in [6.07, 6.45) is 21.3. The quantitative estimate of drug-likeness (QED) is 0.0956. The number of hydrogen-bond acceptors (Lipinski definition) is 4. The molecule has 0 N–H and O–H groups in total. The van der Waals surface area contributed by atoms with E-state index in [2.05, 4.69) is 6.92 Å². The molecular weight excluding hydrogens is 424 g/mol. The van der Waals surface area contributed by atoms with E-state index in [0.29, 0.717) is 25.2 Å². The van der Waals surface area contributed by atoms with Crippen molar-refractivity contribution in [3.05, 3.63) is 29.8 Å². The van der Waals surface area contributed by atoms with E-state index in [1.54, 1.807) is 0 Å². The molecule has 0 aliphatic heterocycles. The van der Waals surface area contributed by atoms with Crippen LogP contribution >= 0.6 is 0 Å². The van der Waals surface area contributed by atoms with Crippen LogP contribution in [-0.2, 0) is 14.3 Å². The molecule has 1 aromatic rings. The number of aryl methyl sites for hydroxylation is 1. The number of carbonyl (C=O) groups is 2. The van der Waals surface area contributed by atoms with Gasteiger partial charge in [-0.15, -0.1) is 0 Å². The molecule has 194 valence electrons. The van der Waals surface area contributed by atoms with Gasteiger partial charge in [0, 0.05) is 12.8 Å².